The Labute approximate surface area is 163 Å². The first-order valence-electron chi connectivity index (χ1n) is 9.08. The third kappa shape index (κ3) is 6.12. The Morgan fingerprint density at radius 2 is 2.04 bits per heavy atom. The maximum atomic E-state index is 12.2. The third-order valence-corrected chi connectivity index (χ3v) is 4.65. The van der Waals surface area contributed by atoms with Crippen LogP contribution < -0.4 is 15.5 Å². The number of piperidine rings is 1. The third-order valence-electron chi connectivity index (χ3n) is 4.42. The molecule has 0 unspecified atom stereocenters. The molecule has 0 aliphatic carbocycles. The van der Waals surface area contributed by atoms with Gasteiger partial charge in [-0.1, -0.05) is 30.2 Å². The van der Waals surface area contributed by atoms with Gasteiger partial charge < -0.3 is 14.5 Å². The van der Waals surface area contributed by atoms with Gasteiger partial charge in [0.2, 0.25) is 11.2 Å². The van der Waals surface area contributed by atoms with Crippen molar-refractivity contribution in [1.82, 2.24) is 10.2 Å². The minimum absolute atomic E-state index is 0.0373. The lowest BCUT2D eigenvalue weighted by Gasteiger charge is -2.25. The largest absolute Gasteiger partial charge is 0.477 e. The summed E-state index contributed by atoms with van der Waals surface area (Å²) in [6, 6.07) is 8.66. The van der Waals surface area contributed by atoms with Crippen LogP contribution in [0.3, 0.4) is 0 Å². The summed E-state index contributed by atoms with van der Waals surface area (Å²) < 4.78 is 10.8. The smallest absolute Gasteiger partial charge is 0.258 e. The molecule has 1 aromatic heterocycles. The quantitative estimate of drug-likeness (QED) is 0.786. The summed E-state index contributed by atoms with van der Waals surface area (Å²) in [7, 11) is 0. The van der Waals surface area contributed by atoms with Gasteiger partial charge >= 0.3 is 0 Å². The first kappa shape index (κ1) is 19.5. The highest BCUT2D eigenvalue weighted by molar-refractivity contribution is 6.30. The molecule has 2 heterocycles. The molecule has 1 fully saturated rings. The van der Waals surface area contributed by atoms with E-state index in [1.807, 2.05) is 12.1 Å². The molecule has 1 aliphatic heterocycles. The fourth-order valence-electron chi connectivity index (χ4n) is 3.01. The zero-order valence-corrected chi connectivity index (χ0v) is 15.8. The van der Waals surface area contributed by atoms with Crippen LogP contribution in [0.2, 0.25) is 5.02 Å². The van der Waals surface area contributed by atoms with Crippen LogP contribution in [-0.4, -0.2) is 30.5 Å². The zero-order chi connectivity index (χ0) is 19.1. The summed E-state index contributed by atoms with van der Waals surface area (Å²) in [5.41, 5.74) is 0.605. The number of carbonyl (C=O) groups is 1. The molecular weight excluding hydrogens is 368 g/mol. The maximum absolute atomic E-state index is 12.2. The molecule has 0 spiro atoms. The van der Waals surface area contributed by atoms with Gasteiger partial charge in [0, 0.05) is 17.6 Å². The highest BCUT2D eigenvalue weighted by Gasteiger charge is 2.13. The Morgan fingerprint density at radius 3 is 2.78 bits per heavy atom. The van der Waals surface area contributed by atoms with Crippen molar-refractivity contribution in [2.24, 2.45) is 0 Å². The Hall–Kier alpha value is -2.31. The fraction of sp³-hybridized carbons (Fsp3) is 0.400. The van der Waals surface area contributed by atoms with Gasteiger partial charge in [0.05, 0.1) is 6.54 Å². The van der Waals surface area contributed by atoms with Crippen molar-refractivity contribution >= 4 is 17.5 Å². The standard InChI is InChI=1S/C20H23ClN2O4/c21-16-6-4-5-15(9-16)11-22-20(25)14-27-19-13-26-17(10-18(19)24)12-23-7-2-1-3-8-23/h4-6,9-10,13H,1-3,7-8,11-12,14H2,(H,22,25). The highest BCUT2D eigenvalue weighted by atomic mass is 35.5. The van der Waals surface area contributed by atoms with E-state index in [0.29, 0.717) is 23.9 Å². The van der Waals surface area contributed by atoms with Crippen molar-refractivity contribution < 1.29 is 13.9 Å². The lowest BCUT2D eigenvalue weighted by molar-refractivity contribution is -0.123. The molecule has 3 rings (SSSR count). The van der Waals surface area contributed by atoms with Gasteiger partial charge in [-0.05, 0) is 43.6 Å². The number of rotatable bonds is 7. The van der Waals surface area contributed by atoms with E-state index >= 15 is 0 Å². The number of amides is 1. The maximum Gasteiger partial charge on any atom is 0.258 e. The second-order valence-electron chi connectivity index (χ2n) is 6.61. The molecule has 7 heteroatoms. The van der Waals surface area contributed by atoms with Crippen LogP contribution >= 0.6 is 11.6 Å². The van der Waals surface area contributed by atoms with Crippen LogP contribution in [0.15, 0.2) is 45.8 Å². The number of benzene rings is 1. The molecule has 2 aromatic rings. The van der Waals surface area contributed by atoms with Crippen LogP contribution in [-0.2, 0) is 17.9 Å². The van der Waals surface area contributed by atoms with Crippen molar-refractivity contribution in [3.63, 3.8) is 0 Å². The predicted octanol–water partition coefficient (Wildman–Crippen LogP) is 2.97. The number of hydrogen-bond donors (Lipinski definition) is 1. The molecule has 0 atom stereocenters. The average molecular weight is 391 g/mol. The number of carbonyl (C=O) groups excluding carboxylic acids is 1. The first-order valence-corrected chi connectivity index (χ1v) is 9.46. The summed E-state index contributed by atoms with van der Waals surface area (Å²) >= 11 is 5.91. The van der Waals surface area contributed by atoms with Crippen molar-refractivity contribution in [3.05, 3.63) is 63.2 Å². The Morgan fingerprint density at radius 1 is 1.22 bits per heavy atom. The van der Waals surface area contributed by atoms with Crippen molar-refractivity contribution in [2.75, 3.05) is 19.7 Å². The number of nitrogens with zero attached hydrogens (tertiary/aromatic N) is 1. The summed E-state index contributed by atoms with van der Waals surface area (Å²) in [5.74, 6) is 0.321. The van der Waals surface area contributed by atoms with Gasteiger partial charge in [-0.15, -0.1) is 0 Å². The summed E-state index contributed by atoms with van der Waals surface area (Å²) in [5, 5.41) is 3.33. The Bertz CT molecular complexity index is 831. The molecule has 27 heavy (non-hydrogen) atoms. The van der Waals surface area contributed by atoms with E-state index in [1.54, 1.807) is 12.1 Å². The van der Waals surface area contributed by atoms with Crippen LogP contribution in [0.4, 0.5) is 0 Å². The van der Waals surface area contributed by atoms with E-state index in [2.05, 4.69) is 10.2 Å². The van der Waals surface area contributed by atoms with Crippen LogP contribution in [0.25, 0.3) is 0 Å². The topological polar surface area (TPSA) is 71.8 Å². The number of ether oxygens (including phenoxy) is 1. The molecule has 1 amide bonds. The van der Waals surface area contributed by atoms with Crippen LogP contribution in [0.5, 0.6) is 5.75 Å². The molecule has 1 aliphatic rings. The van der Waals surface area contributed by atoms with Crippen molar-refractivity contribution in [2.45, 2.75) is 32.4 Å². The monoisotopic (exact) mass is 390 g/mol. The minimum Gasteiger partial charge on any atom is -0.477 e. The predicted molar refractivity (Wildman–Crippen MR) is 103 cm³/mol. The summed E-state index contributed by atoms with van der Waals surface area (Å²) in [6.07, 6.45) is 4.89. The SMILES string of the molecule is O=C(COc1coc(CN2CCCCC2)cc1=O)NCc1cccc(Cl)c1. The van der Waals surface area contributed by atoms with Gasteiger partial charge in [-0.25, -0.2) is 0 Å². The first-order chi connectivity index (χ1) is 13.1. The zero-order valence-electron chi connectivity index (χ0n) is 15.1. The molecule has 1 aromatic carbocycles. The second-order valence-corrected chi connectivity index (χ2v) is 7.04. The van der Waals surface area contributed by atoms with Gasteiger partial charge in [-0.2, -0.15) is 0 Å². The fourth-order valence-corrected chi connectivity index (χ4v) is 3.22. The highest BCUT2D eigenvalue weighted by Crippen LogP contribution is 2.14. The molecule has 0 radical (unpaired) electrons. The summed E-state index contributed by atoms with van der Waals surface area (Å²) in [4.78, 5) is 26.3. The van der Waals surface area contributed by atoms with Crippen LogP contribution in [0.1, 0.15) is 30.6 Å². The van der Waals surface area contributed by atoms with Crippen molar-refractivity contribution in [1.29, 1.82) is 0 Å². The number of halogens is 1. The Balaban J connectivity index is 1.47. The van der Waals surface area contributed by atoms with Gasteiger partial charge in [0.15, 0.2) is 6.61 Å². The van der Waals surface area contributed by atoms with E-state index in [4.69, 9.17) is 20.8 Å². The molecule has 1 saturated heterocycles. The van der Waals surface area contributed by atoms with E-state index in [-0.39, 0.29) is 23.7 Å². The van der Waals surface area contributed by atoms with Crippen molar-refractivity contribution in [3.8, 4) is 5.75 Å². The minimum atomic E-state index is -0.327. The molecular formula is C20H23ClN2O4. The number of likely N-dealkylation sites (tertiary alicyclic amines) is 1. The molecule has 1 N–H and O–H groups in total. The Kier molecular flexibility index (Phi) is 6.90. The molecule has 0 saturated carbocycles. The lowest BCUT2D eigenvalue weighted by Crippen LogP contribution is -2.30. The van der Waals surface area contributed by atoms with Gasteiger partial charge in [0.1, 0.15) is 12.0 Å². The number of nitrogens with one attached hydrogen (secondary N) is 1. The van der Waals surface area contributed by atoms with E-state index in [1.165, 1.54) is 31.6 Å². The number of hydrogen-bond acceptors (Lipinski definition) is 5. The normalized spacial score (nSPS) is 14.7. The van der Waals surface area contributed by atoms with E-state index in [9.17, 15) is 9.59 Å². The molecule has 6 nitrogen and oxygen atoms in total. The molecule has 144 valence electrons. The second kappa shape index (κ2) is 9.58. The van der Waals surface area contributed by atoms with Crippen LogP contribution in [0, 0.1) is 0 Å². The lowest BCUT2D eigenvalue weighted by atomic mass is 10.1. The van der Waals surface area contributed by atoms with Gasteiger partial charge in [-0.3, -0.25) is 14.5 Å². The van der Waals surface area contributed by atoms with E-state index < -0.39 is 0 Å². The summed E-state index contributed by atoms with van der Waals surface area (Å²) in [6.45, 7) is 2.75. The average Bonchev–Trinajstić information content (AvgIpc) is 2.67. The van der Waals surface area contributed by atoms with E-state index in [0.717, 1.165) is 18.7 Å². The van der Waals surface area contributed by atoms with Gasteiger partial charge in [0.25, 0.3) is 5.91 Å². The molecule has 0 bridgehead atoms.